The summed E-state index contributed by atoms with van der Waals surface area (Å²) >= 11 is 1.47. The number of carbonyl (C=O) groups excluding carboxylic acids is 1. The van der Waals surface area contributed by atoms with E-state index in [1.807, 2.05) is 10.3 Å². The molecule has 1 saturated heterocycles. The molecule has 2 aromatic heterocycles. The lowest BCUT2D eigenvalue weighted by Gasteiger charge is -2.15. The summed E-state index contributed by atoms with van der Waals surface area (Å²) in [5.74, 6) is 0.461. The summed E-state index contributed by atoms with van der Waals surface area (Å²) in [6, 6.07) is 8.33. The van der Waals surface area contributed by atoms with Crippen molar-refractivity contribution in [3.05, 3.63) is 51.9 Å². The fourth-order valence-electron chi connectivity index (χ4n) is 3.55. The Hall–Kier alpha value is -2.47. The Morgan fingerprint density at radius 2 is 1.89 bits per heavy atom. The van der Waals surface area contributed by atoms with Crippen LogP contribution >= 0.6 is 11.3 Å². The SMILES string of the molecule is CC(C)c1ccc(-c2csc3ncn(CC(=O)N4CCCC4)c(=O)c23)cc1. The maximum Gasteiger partial charge on any atom is 0.263 e. The van der Waals surface area contributed by atoms with Crippen molar-refractivity contribution in [2.24, 2.45) is 0 Å². The second-order valence-corrected chi connectivity index (χ2v) is 8.23. The molecule has 4 rings (SSSR count). The molecule has 0 unspecified atom stereocenters. The summed E-state index contributed by atoms with van der Waals surface area (Å²) in [5, 5.41) is 2.59. The van der Waals surface area contributed by atoms with Crippen molar-refractivity contribution in [3.8, 4) is 11.1 Å². The maximum atomic E-state index is 13.1. The molecule has 0 radical (unpaired) electrons. The largest absolute Gasteiger partial charge is 0.341 e. The molecule has 5 nitrogen and oxygen atoms in total. The molecule has 1 amide bonds. The predicted octanol–water partition coefficient (Wildman–Crippen LogP) is 3.87. The van der Waals surface area contributed by atoms with Crippen LogP contribution in [0.5, 0.6) is 0 Å². The lowest BCUT2D eigenvalue weighted by atomic mass is 9.99. The highest BCUT2D eigenvalue weighted by Gasteiger charge is 2.20. The molecule has 3 heterocycles. The average molecular weight is 382 g/mol. The average Bonchev–Trinajstić information content (AvgIpc) is 3.34. The lowest BCUT2D eigenvalue weighted by Crippen LogP contribution is -2.34. The van der Waals surface area contributed by atoms with Gasteiger partial charge in [-0.2, -0.15) is 0 Å². The molecular formula is C21H23N3O2S. The van der Waals surface area contributed by atoms with Gasteiger partial charge in [-0.3, -0.25) is 14.2 Å². The van der Waals surface area contributed by atoms with E-state index in [1.54, 1.807) is 0 Å². The number of benzene rings is 1. The molecule has 0 aliphatic carbocycles. The van der Waals surface area contributed by atoms with E-state index < -0.39 is 0 Å². The minimum Gasteiger partial charge on any atom is -0.341 e. The monoisotopic (exact) mass is 381 g/mol. The normalized spacial score (nSPS) is 14.4. The van der Waals surface area contributed by atoms with Gasteiger partial charge in [-0.05, 0) is 29.9 Å². The number of nitrogens with zero attached hydrogens (tertiary/aromatic N) is 3. The van der Waals surface area contributed by atoms with E-state index in [0.717, 1.165) is 37.1 Å². The van der Waals surface area contributed by atoms with E-state index in [2.05, 4.69) is 43.1 Å². The van der Waals surface area contributed by atoms with Crippen molar-refractivity contribution in [3.63, 3.8) is 0 Å². The molecule has 3 aromatic rings. The number of hydrogen-bond donors (Lipinski definition) is 0. The highest BCUT2D eigenvalue weighted by Crippen LogP contribution is 2.31. The van der Waals surface area contributed by atoms with Crippen LogP contribution in [-0.4, -0.2) is 33.4 Å². The number of likely N-dealkylation sites (tertiary alicyclic amines) is 1. The topological polar surface area (TPSA) is 55.2 Å². The molecule has 1 fully saturated rings. The van der Waals surface area contributed by atoms with E-state index in [9.17, 15) is 9.59 Å². The summed E-state index contributed by atoms with van der Waals surface area (Å²) in [6.07, 6.45) is 3.58. The number of rotatable bonds is 4. The van der Waals surface area contributed by atoms with E-state index >= 15 is 0 Å². The third kappa shape index (κ3) is 3.41. The Kier molecular flexibility index (Phi) is 4.83. The first-order chi connectivity index (χ1) is 13.0. The Bertz CT molecular complexity index is 1030. The van der Waals surface area contributed by atoms with Gasteiger partial charge in [0.2, 0.25) is 5.91 Å². The van der Waals surface area contributed by atoms with Crippen LogP contribution < -0.4 is 5.56 Å². The van der Waals surface area contributed by atoms with Crippen molar-refractivity contribution in [1.29, 1.82) is 0 Å². The van der Waals surface area contributed by atoms with Crippen LogP contribution in [-0.2, 0) is 11.3 Å². The van der Waals surface area contributed by atoms with Gasteiger partial charge in [0.05, 0.1) is 11.7 Å². The standard InChI is InChI=1S/C21H23N3O2S/c1-14(2)15-5-7-16(8-6-15)17-12-27-20-19(17)21(26)24(13-22-20)11-18(25)23-9-3-4-10-23/h5-8,12-14H,3-4,9-11H2,1-2H3. The Morgan fingerprint density at radius 3 is 2.56 bits per heavy atom. The molecule has 140 valence electrons. The zero-order valence-corrected chi connectivity index (χ0v) is 16.5. The molecule has 1 aliphatic rings. The lowest BCUT2D eigenvalue weighted by molar-refractivity contribution is -0.130. The summed E-state index contributed by atoms with van der Waals surface area (Å²) < 4.78 is 1.45. The van der Waals surface area contributed by atoms with Crippen LogP contribution in [0.3, 0.4) is 0 Å². The molecule has 6 heteroatoms. The van der Waals surface area contributed by atoms with Gasteiger partial charge in [0.1, 0.15) is 11.4 Å². The number of fused-ring (bicyclic) bond motifs is 1. The third-order valence-corrected chi connectivity index (χ3v) is 6.10. The van der Waals surface area contributed by atoms with Crippen molar-refractivity contribution >= 4 is 27.5 Å². The van der Waals surface area contributed by atoms with Gasteiger partial charge >= 0.3 is 0 Å². The van der Waals surface area contributed by atoms with Crippen molar-refractivity contribution in [2.75, 3.05) is 13.1 Å². The maximum absolute atomic E-state index is 13.1. The minimum absolute atomic E-state index is 0.00573. The zero-order valence-electron chi connectivity index (χ0n) is 15.6. The number of hydrogen-bond acceptors (Lipinski definition) is 4. The van der Waals surface area contributed by atoms with Gasteiger partial charge in [-0.25, -0.2) is 4.98 Å². The minimum atomic E-state index is -0.142. The fraction of sp³-hybridized carbons (Fsp3) is 0.381. The zero-order chi connectivity index (χ0) is 19.0. The number of thiophene rings is 1. The fourth-order valence-corrected chi connectivity index (χ4v) is 4.46. The highest BCUT2D eigenvalue weighted by molar-refractivity contribution is 7.17. The molecule has 0 saturated carbocycles. The van der Waals surface area contributed by atoms with E-state index in [-0.39, 0.29) is 18.0 Å². The van der Waals surface area contributed by atoms with Gasteiger partial charge < -0.3 is 4.90 Å². The molecule has 0 atom stereocenters. The van der Waals surface area contributed by atoms with Crippen LogP contribution in [0.4, 0.5) is 0 Å². The van der Waals surface area contributed by atoms with Gasteiger partial charge in [-0.1, -0.05) is 38.1 Å². The predicted molar refractivity (Wildman–Crippen MR) is 109 cm³/mol. The van der Waals surface area contributed by atoms with Gasteiger partial charge in [-0.15, -0.1) is 11.3 Å². The van der Waals surface area contributed by atoms with E-state index in [1.165, 1.54) is 27.8 Å². The van der Waals surface area contributed by atoms with Gasteiger partial charge in [0.15, 0.2) is 0 Å². The van der Waals surface area contributed by atoms with Crippen LogP contribution in [0.15, 0.2) is 40.8 Å². The number of amides is 1. The smallest absolute Gasteiger partial charge is 0.263 e. The molecule has 0 bridgehead atoms. The van der Waals surface area contributed by atoms with E-state index in [4.69, 9.17) is 0 Å². The van der Waals surface area contributed by atoms with Crippen LogP contribution in [0.1, 0.15) is 38.2 Å². The Labute approximate surface area is 162 Å². The third-order valence-electron chi connectivity index (χ3n) is 5.21. The van der Waals surface area contributed by atoms with Crippen LogP contribution in [0, 0.1) is 0 Å². The molecule has 1 aliphatic heterocycles. The first-order valence-electron chi connectivity index (χ1n) is 9.39. The van der Waals surface area contributed by atoms with Crippen molar-refractivity contribution in [2.45, 2.75) is 39.2 Å². The Morgan fingerprint density at radius 1 is 1.19 bits per heavy atom. The number of carbonyl (C=O) groups is 1. The van der Waals surface area contributed by atoms with Crippen LogP contribution in [0.25, 0.3) is 21.3 Å². The molecule has 27 heavy (non-hydrogen) atoms. The van der Waals surface area contributed by atoms with E-state index in [0.29, 0.717) is 16.1 Å². The van der Waals surface area contributed by atoms with Crippen LogP contribution in [0.2, 0.25) is 0 Å². The summed E-state index contributed by atoms with van der Waals surface area (Å²) in [6.45, 7) is 5.96. The second-order valence-electron chi connectivity index (χ2n) is 7.37. The summed E-state index contributed by atoms with van der Waals surface area (Å²) in [7, 11) is 0. The summed E-state index contributed by atoms with van der Waals surface area (Å²) in [5.41, 5.74) is 3.03. The molecule has 0 N–H and O–H groups in total. The number of aromatic nitrogens is 2. The first-order valence-corrected chi connectivity index (χ1v) is 10.3. The van der Waals surface area contributed by atoms with Gasteiger partial charge in [0, 0.05) is 24.0 Å². The first kappa shape index (κ1) is 17.9. The summed E-state index contributed by atoms with van der Waals surface area (Å²) in [4.78, 5) is 32.5. The van der Waals surface area contributed by atoms with Crippen molar-refractivity contribution < 1.29 is 4.79 Å². The van der Waals surface area contributed by atoms with Gasteiger partial charge in [0.25, 0.3) is 5.56 Å². The van der Waals surface area contributed by atoms with Crippen molar-refractivity contribution in [1.82, 2.24) is 14.5 Å². The highest BCUT2D eigenvalue weighted by atomic mass is 32.1. The molecule has 0 spiro atoms. The Balaban J connectivity index is 1.70. The quantitative estimate of drug-likeness (QED) is 0.689. The molecule has 1 aromatic carbocycles. The molecular weight excluding hydrogens is 358 g/mol. The second kappa shape index (κ2) is 7.27.